The largest absolute Gasteiger partial charge is 0.460 e. The molecule has 6 heteroatoms. The van der Waals surface area contributed by atoms with Crippen molar-refractivity contribution in [1.82, 2.24) is 9.88 Å². The van der Waals surface area contributed by atoms with Gasteiger partial charge in [-0.25, -0.2) is 4.98 Å². The van der Waals surface area contributed by atoms with Gasteiger partial charge in [0.25, 0.3) is 0 Å². The highest BCUT2D eigenvalue weighted by Gasteiger charge is 2.41. The van der Waals surface area contributed by atoms with Crippen LogP contribution in [0, 0.1) is 5.92 Å². The lowest BCUT2D eigenvalue weighted by atomic mass is 9.79. The van der Waals surface area contributed by atoms with E-state index in [0.717, 1.165) is 44.7 Å². The number of hydrogen-bond acceptors (Lipinski definition) is 6. The molecule has 3 heterocycles. The van der Waals surface area contributed by atoms with Gasteiger partial charge in [-0.2, -0.15) is 0 Å². The van der Waals surface area contributed by atoms with Crippen LogP contribution in [0.1, 0.15) is 50.4 Å². The third-order valence-electron chi connectivity index (χ3n) is 6.08. The van der Waals surface area contributed by atoms with Crippen molar-refractivity contribution in [3.8, 4) is 0 Å². The van der Waals surface area contributed by atoms with Gasteiger partial charge >= 0.3 is 5.97 Å². The molecular weight excluding hydrogens is 396 g/mol. The Balaban J connectivity index is 1.43. The Morgan fingerprint density at radius 2 is 2.07 bits per heavy atom. The molecule has 0 N–H and O–H groups in total. The topological polar surface area (TPSA) is 51.7 Å². The minimum absolute atomic E-state index is 0.130. The number of carbonyl (C=O) groups is 1. The van der Waals surface area contributed by atoms with Crippen LogP contribution in [0.5, 0.6) is 0 Å². The molecular formula is C24H32N2O3S. The van der Waals surface area contributed by atoms with Crippen molar-refractivity contribution in [2.75, 3.05) is 26.2 Å². The Bertz CT molecular complexity index is 852. The van der Waals surface area contributed by atoms with E-state index in [9.17, 15) is 4.79 Å². The maximum absolute atomic E-state index is 12.9. The Labute approximate surface area is 183 Å². The Morgan fingerprint density at radius 1 is 1.30 bits per heavy atom. The summed E-state index contributed by atoms with van der Waals surface area (Å²) in [4.78, 5) is 19.7. The molecule has 1 aromatic carbocycles. The second-order valence-electron chi connectivity index (χ2n) is 9.46. The van der Waals surface area contributed by atoms with Crippen LogP contribution in [-0.2, 0) is 32.7 Å². The van der Waals surface area contributed by atoms with Gasteiger partial charge in [0.1, 0.15) is 5.60 Å². The molecule has 2 aromatic rings. The van der Waals surface area contributed by atoms with E-state index in [1.165, 1.54) is 11.1 Å². The van der Waals surface area contributed by atoms with Crippen molar-refractivity contribution >= 4 is 17.3 Å². The Morgan fingerprint density at radius 3 is 2.77 bits per heavy atom. The van der Waals surface area contributed by atoms with Crippen molar-refractivity contribution in [3.63, 3.8) is 0 Å². The normalized spacial score (nSPS) is 20.0. The fourth-order valence-electron chi connectivity index (χ4n) is 4.64. The molecule has 0 bridgehead atoms. The van der Waals surface area contributed by atoms with Gasteiger partial charge < -0.3 is 14.4 Å². The number of ether oxygens (including phenoxy) is 2. The lowest BCUT2D eigenvalue weighted by Crippen LogP contribution is -2.48. The number of thiazole rings is 1. The van der Waals surface area contributed by atoms with Crippen molar-refractivity contribution in [1.29, 1.82) is 0 Å². The minimum atomic E-state index is -0.483. The van der Waals surface area contributed by atoms with Gasteiger partial charge in [-0.1, -0.05) is 24.3 Å². The molecule has 1 fully saturated rings. The molecule has 0 radical (unpaired) electrons. The maximum Gasteiger partial charge on any atom is 0.311 e. The van der Waals surface area contributed by atoms with Gasteiger partial charge in [-0.05, 0) is 51.2 Å². The van der Waals surface area contributed by atoms with Crippen LogP contribution in [0.2, 0.25) is 0 Å². The summed E-state index contributed by atoms with van der Waals surface area (Å²) >= 11 is 1.57. The van der Waals surface area contributed by atoms with E-state index in [1.807, 2.05) is 31.7 Å². The average Bonchev–Trinajstić information content (AvgIpc) is 3.21. The molecule has 1 aromatic heterocycles. The second-order valence-corrected chi connectivity index (χ2v) is 10.2. The first-order chi connectivity index (χ1) is 14.3. The Hall–Kier alpha value is -1.76. The molecule has 1 unspecified atom stereocenters. The number of fused-ring (bicyclic) bond motifs is 2. The zero-order valence-electron chi connectivity index (χ0n) is 18.2. The number of hydrogen-bond donors (Lipinski definition) is 0. The van der Waals surface area contributed by atoms with Gasteiger partial charge in [0.2, 0.25) is 0 Å². The van der Waals surface area contributed by atoms with Gasteiger partial charge in [0.15, 0.2) is 0 Å². The highest BCUT2D eigenvalue weighted by molar-refractivity contribution is 7.07. The number of rotatable bonds is 5. The quantitative estimate of drug-likeness (QED) is 0.668. The predicted molar refractivity (Wildman–Crippen MR) is 119 cm³/mol. The molecule has 30 heavy (non-hydrogen) atoms. The highest BCUT2D eigenvalue weighted by Crippen LogP contribution is 2.41. The minimum Gasteiger partial charge on any atom is -0.460 e. The molecule has 4 rings (SSSR count). The smallest absolute Gasteiger partial charge is 0.311 e. The van der Waals surface area contributed by atoms with Crippen LogP contribution < -0.4 is 0 Å². The van der Waals surface area contributed by atoms with Gasteiger partial charge in [-0.15, -0.1) is 11.3 Å². The van der Waals surface area contributed by atoms with E-state index in [2.05, 4.69) is 34.1 Å². The fraction of sp³-hybridized carbons (Fsp3) is 0.583. The first kappa shape index (κ1) is 21.5. The van der Waals surface area contributed by atoms with E-state index in [1.54, 1.807) is 11.3 Å². The van der Waals surface area contributed by atoms with Crippen molar-refractivity contribution in [2.24, 2.45) is 5.92 Å². The van der Waals surface area contributed by atoms with Crippen LogP contribution in [-0.4, -0.2) is 47.7 Å². The fourth-order valence-corrected chi connectivity index (χ4v) is 5.21. The number of benzene rings is 1. The van der Waals surface area contributed by atoms with Crippen molar-refractivity contribution in [2.45, 2.75) is 57.7 Å². The molecule has 1 atom stereocenters. The van der Waals surface area contributed by atoms with Crippen LogP contribution in [0.25, 0.3) is 0 Å². The first-order valence-corrected chi connectivity index (χ1v) is 11.8. The molecule has 2 aliphatic rings. The monoisotopic (exact) mass is 428 g/mol. The molecule has 0 aliphatic carbocycles. The van der Waals surface area contributed by atoms with E-state index >= 15 is 0 Å². The molecule has 5 nitrogen and oxygen atoms in total. The van der Waals surface area contributed by atoms with Gasteiger partial charge in [-0.3, -0.25) is 4.79 Å². The van der Waals surface area contributed by atoms with E-state index < -0.39 is 5.60 Å². The standard InChI is InChI=1S/C24H32N2O3S/c1-23(2,3)29-22(27)19(14-20-16-30-17-25-20)15-26-11-9-24(10-12-26)21-7-5-4-6-18(21)8-13-28-24/h4-7,16-17,19H,8-15H2,1-3H3. The lowest BCUT2D eigenvalue weighted by Gasteiger charge is -2.45. The van der Waals surface area contributed by atoms with Crippen LogP contribution in [0.3, 0.4) is 0 Å². The number of aromatic nitrogens is 1. The summed E-state index contributed by atoms with van der Waals surface area (Å²) < 4.78 is 12.1. The van der Waals surface area contributed by atoms with Crippen LogP contribution >= 0.6 is 11.3 Å². The predicted octanol–water partition coefficient (Wildman–Crippen LogP) is 4.21. The van der Waals surface area contributed by atoms with E-state index in [-0.39, 0.29) is 17.5 Å². The number of likely N-dealkylation sites (tertiary alicyclic amines) is 1. The molecule has 162 valence electrons. The first-order valence-electron chi connectivity index (χ1n) is 10.9. The summed E-state index contributed by atoms with van der Waals surface area (Å²) in [6.45, 7) is 9.11. The van der Waals surface area contributed by atoms with E-state index in [4.69, 9.17) is 9.47 Å². The summed E-state index contributed by atoms with van der Waals surface area (Å²) in [6, 6.07) is 8.71. The summed E-state index contributed by atoms with van der Waals surface area (Å²) in [6.07, 6.45) is 3.54. The second kappa shape index (κ2) is 8.77. The Kier molecular flexibility index (Phi) is 6.28. The molecule has 1 spiro atoms. The molecule has 1 saturated heterocycles. The highest BCUT2D eigenvalue weighted by atomic mass is 32.1. The summed E-state index contributed by atoms with van der Waals surface area (Å²) in [5.74, 6) is -0.338. The number of piperidine rings is 1. The average molecular weight is 429 g/mol. The SMILES string of the molecule is CC(C)(C)OC(=O)C(Cc1cscn1)CN1CCC2(CC1)OCCc1ccccc12. The lowest BCUT2D eigenvalue weighted by molar-refractivity contribution is -0.161. The number of esters is 1. The van der Waals surface area contributed by atoms with Crippen molar-refractivity contribution in [3.05, 3.63) is 52.0 Å². The zero-order chi connectivity index (χ0) is 21.2. The van der Waals surface area contributed by atoms with Crippen LogP contribution in [0.15, 0.2) is 35.2 Å². The van der Waals surface area contributed by atoms with E-state index in [0.29, 0.717) is 13.0 Å². The zero-order valence-corrected chi connectivity index (χ0v) is 19.0. The summed E-state index contributed by atoms with van der Waals surface area (Å²) in [5.41, 5.74) is 4.93. The molecule has 2 aliphatic heterocycles. The molecule has 0 amide bonds. The number of nitrogens with zero attached hydrogens (tertiary/aromatic N) is 2. The van der Waals surface area contributed by atoms with Crippen LogP contribution in [0.4, 0.5) is 0 Å². The van der Waals surface area contributed by atoms with Gasteiger partial charge in [0, 0.05) is 31.4 Å². The summed E-state index contributed by atoms with van der Waals surface area (Å²) in [5, 5.41) is 2.02. The maximum atomic E-state index is 12.9. The van der Waals surface area contributed by atoms with Crippen molar-refractivity contribution < 1.29 is 14.3 Å². The summed E-state index contributed by atoms with van der Waals surface area (Å²) in [7, 11) is 0. The molecule has 0 saturated carbocycles. The third-order valence-corrected chi connectivity index (χ3v) is 6.71. The third kappa shape index (κ3) is 4.93. The van der Waals surface area contributed by atoms with Gasteiger partial charge in [0.05, 0.1) is 29.3 Å². The number of carbonyl (C=O) groups excluding carboxylic acids is 1.